The summed E-state index contributed by atoms with van der Waals surface area (Å²) in [6.07, 6.45) is 1.99. The van der Waals surface area contributed by atoms with Crippen molar-refractivity contribution in [2.45, 2.75) is 6.54 Å². The molecule has 0 unspecified atom stereocenters. The van der Waals surface area contributed by atoms with Crippen molar-refractivity contribution in [2.75, 3.05) is 38.5 Å². The highest BCUT2D eigenvalue weighted by molar-refractivity contribution is 6.34. The molecular formula is C25H25N3O. The number of likely N-dealkylation sites (N-methyl/N-ethyl adjacent to an activating group) is 1. The Morgan fingerprint density at radius 3 is 2.41 bits per heavy atom. The number of rotatable bonds is 4. The molecule has 0 aromatic heterocycles. The Morgan fingerprint density at radius 1 is 0.931 bits per heavy atom. The number of carbonyl (C=O) groups excluding carboxylic acids is 1. The number of nitrogens with zero attached hydrogens (tertiary/aromatic N) is 2. The summed E-state index contributed by atoms with van der Waals surface area (Å²) >= 11 is 0. The van der Waals surface area contributed by atoms with Crippen molar-refractivity contribution in [2.24, 2.45) is 0 Å². The summed E-state index contributed by atoms with van der Waals surface area (Å²) in [7, 11) is 2.17. The van der Waals surface area contributed by atoms with E-state index in [1.54, 1.807) is 0 Å². The summed E-state index contributed by atoms with van der Waals surface area (Å²) in [6, 6.07) is 20.6. The van der Waals surface area contributed by atoms with Gasteiger partial charge in [0.2, 0.25) is 0 Å². The summed E-state index contributed by atoms with van der Waals surface area (Å²) in [5.74, 6) is -0.0551. The Kier molecular flexibility index (Phi) is 4.66. The third kappa shape index (κ3) is 3.57. The zero-order valence-electron chi connectivity index (χ0n) is 16.7. The lowest BCUT2D eigenvalue weighted by Crippen LogP contribution is -2.43. The van der Waals surface area contributed by atoms with Crippen molar-refractivity contribution in [1.82, 2.24) is 9.80 Å². The molecule has 1 amide bonds. The van der Waals surface area contributed by atoms with Crippen LogP contribution in [0.15, 0.2) is 60.7 Å². The number of amides is 1. The molecule has 1 aliphatic heterocycles. The fourth-order valence-corrected chi connectivity index (χ4v) is 4.29. The third-order valence-electron chi connectivity index (χ3n) is 5.99. The maximum atomic E-state index is 13.0. The zero-order valence-corrected chi connectivity index (χ0v) is 16.7. The molecule has 4 nitrogen and oxygen atoms in total. The number of hydrogen-bond donors (Lipinski definition) is 1. The largest absolute Gasteiger partial charge is 0.322 e. The van der Waals surface area contributed by atoms with E-state index in [-0.39, 0.29) is 5.91 Å². The summed E-state index contributed by atoms with van der Waals surface area (Å²) in [5, 5.41) is 5.41. The molecule has 146 valence electrons. The van der Waals surface area contributed by atoms with Crippen LogP contribution in [-0.4, -0.2) is 48.9 Å². The van der Waals surface area contributed by atoms with Gasteiger partial charge in [0.05, 0.1) is 0 Å². The first-order valence-electron chi connectivity index (χ1n) is 10.2. The molecule has 5 rings (SSSR count). The number of hydrogen-bond acceptors (Lipinski definition) is 3. The fourth-order valence-electron chi connectivity index (χ4n) is 4.29. The van der Waals surface area contributed by atoms with Crippen molar-refractivity contribution in [3.8, 4) is 0 Å². The Bertz CT molecular complexity index is 1090. The first-order valence-corrected chi connectivity index (χ1v) is 10.2. The average molecular weight is 383 g/mol. The topological polar surface area (TPSA) is 35.6 Å². The highest BCUT2D eigenvalue weighted by atomic mass is 16.1. The van der Waals surface area contributed by atoms with Gasteiger partial charge in [0, 0.05) is 44.0 Å². The van der Waals surface area contributed by atoms with E-state index >= 15 is 0 Å². The van der Waals surface area contributed by atoms with Crippen LogP contribution < -0.4 is 5.32 Å². The Balaban J connectivity index is 1.28. The zero-order chi connectivity index (χ0) is 19.8. The highest BCUT2D eigenvalue weighted by Gasteiger charge is 2.21. The van der Waals surface area contributed by atoms with E-state index in [9.17, 15) is 4.79 Å². The summed E-state index contributed by atoms with van der Waals surface area (Å²) in [4.78, 5) is 17.8. The number of benzene rings is 3. The molecule has 1 heterocycles. The molecule has 0 bridgehead atoms. The third-order valence-corrected chi connectivity index (χ3v) is 5.99. The highest BCUT2D eigenvalue weighted by Crippen LogP contribution is 2.36. The predicted molar refractivity (Wildman–Crippen MR) is 120 cm³/mol. The monoisotopic (exact) mass is 383 g/mol. The van der Waals surface area contributed by atoms with E-state index in [1.165, 1.54) is 16.3 Å². The predicted octanol–water partition coefficient (Wildman–Crippen LogP) is 4.08. The second-order valence-corrected chi connectivity index (χ2v) is 8.04. The molecular weight excluding hydrogens is 358 g/mol. The number of anilines is 1. The van der Waals surface area contributed by atoms with E-state index in [4.69, 9.17) is 0 Å². The smallest absolute Gasteiger partial charge is 0.256 e. The number of nitrogens with one attached hydrogen (secondary N) is 1. The standard InChI is InChI=1S/C25H25N3O/c1-27-12-14-28(15-13-27)17-18-8-10-21(11-9-18)26-25(29)23-16-20-6-2-4-19-5-3-7-22(23)24(19)20/h2-11,16H,12-15,17H2,1H3,(H,26,29). The Hall–Kier alpha value is -2.95. The van der Waals surface area contributed by atoms with Gasteiger partial charge in [0.1, 0.15) is 0 Å². The maximum Gasteiger partial charge on any atom is 0.256 e. The van der Waals surface area contributed by atoms with Gasteiger partial charge in [-0.3, -0.25) is 9.69 Å². The quantitative estimate of drug-likeness (QED) is 0.737. The van der Waals surface area contributed by atoms with Crippen molar-refractivity contribution in [1.29, 1.82) is 0 Å². The first kappa shape index (κ1) is 18.1. The molecule has 1 saturated heterocycles. The van der Waals surface area contributed by atoms with Crippen molar-refractivity contribution < 1.29 is 4.79 Å². The maximum absolute atomic E-state index is 13.0. The van der Waals surface area contributed by atoms with Crippen molar-refractivity contribution in [3.63, 3.8) is 0 Å². The van der Waals surface area contributed by atoms with Crippen molar-refractivity contribution >= 4 is 34.0 Å². The molecule has 29 heavy (non-hydrogen) atoms. The molecule has 1 N–H and O–H groups in total. The minimum absolute atomic E-state index is 0.0551. The summed E-state index contributed by atoms with van der Waals surface area (Å²) in [6.45, 7) is 5.42. The van der Waals surface area contributed by atoms with Crippen LogP contribution >= 0.6 is 0 Å². The van der Waals surface area contributed by atoms with E-state index < -0.39 is 0 Å². The molecule has 0 atom stereocenters. The van der Waals surface area contributed by atoms with Gasteiger partial charge in [-0.05, 0) is 52.7 Å². The van der Waals surface area contributed by atoms with E-state index in [2.05, 4.69) is 52.5 Å². The van der Waals surface area contributed by atoms with Crippen LogP contribution in [0.4, 0.5) is 5.69 Å². The SMILES string of the molecule is CN1CCN(Cc2ccc(NC(=O)C3=Cc4cccc5cccc3c45)cc2)CC1. The van der Waals surface area contributed by atoms with E-state index in [1.807, 2.05) is 36.4 Å². The first-order chi connectivity index (χ1) is 14.2. The minimum atomic E-state index is -0.0551. The Morgan fingerprint density at radius 2 is 1.66 bits per heavy atom. The average Bonchev–Trinajstić information content (AvgIpc) is 3.12. The number of carbonyl (C=O) groups is 1. The van der Waals surface area contributed by atoms with Crippen LogP contribution in [0, 0.1) is 0 Å². The molecule has 4 heteroatoms. The van der Waals surface area contributed by atoms with Gasteiger partial charge in [0.15, 0.2) is 0 Å². The van der Waals surface area contributed by atoms with Gasteiger partial charge < -0.3 is 10.2 Å². The lowest BCUT2D eigenvalue weighted by atomic mass is 10.0. The molecule has 2 aliphatic rings. The van der Waals surface area contributed by atoms with Gasteiger partial charge in [0.25, 0.3) is 5.91 Å². The molecule has 3 aromatic rings. The molecule has 0 spiro atoms. The molecule has 3 aromatic carbocycles. The second kappa shape index (κ2) is 7.47. The second-order valence-electron chi connectivity index (χ2n) is 8.04. The lowest BCUT2D eigenvalue weighted by Gasteiger charge is -2.32. The number of piperazine rings is 1. The molecule has 1 aliphatic carbocycles. The minimum Gasteiger partial charge on any atom is -0.322 e. The molecule has 1 fully saturated rings. The van der Waals surface area contributed by atoms with Gasteiger partial charge in [-0.1, -0.05) is 48.5 Å². The van der Waals surface area contributed by atoms with Crippen molar-refractivity contribution in [3.05, 3.63) is 77.4 Å². The van der Waals surface area contributed by atoms with Gasteiger partial charge in [-0.25, -0.2) is 0 Å². The van der Waals surface area contributed by atoms with E-state index in [0.717, 1.165) is 55.1 Å². The van der Waals surface area contributed by atoms with Gasteiger partial charge in [-0.2, -0.15) is 0 Å². The van der Waals surface area contributed by atoms with Crippen LogP contribution in [-0.2, 0) is 11.3 Å². The van der Waals surface area contributed by atoms with Gasteiger partial charge >= 0.3 is 0 Å². The van der Waals surface area contributed by atoms with Crippen LogP contribution in [0.2, 0.25) is 0 Å². The van der Waals surface area contributed by atoms with Crippen LogP contribution in [0.5, 0.6) is 0 Å². The molecule has 0 radical (unpaired) electrons. The van der Waals surface area contributed by atoms with E-state index in [0.29, 0.717) is 0 Å². The van der Waals surface area contributed by atoms with Gasteiger partial charge in [-0.15, -0.1) is 0 Å². The summed E-state index contributed by atoms with van der Waals surface area (Å²) < 4.78 is 0. The van der Waals surface area contributed by atoms with Crippen LogP contribution in [0.1, 0.15) is 16.7 Å². The fraction of sp³-hybridized carbons (Fsp3) is 0.240. The van der Waals surface area contributed by atoms with Crippen LogP contribution in [0.25, 0.3) is 22.4 Å². The lowest BCUT2D eigenvalue weighted by molar-refractivity contribution is -0.111. The summed E-state index contributed by atoms with van der Waals surface area (Å²) in [5.41, 5.74) is 4.98. The Labute approximate surface area is 171 Å². The molecule has 0 saturated carbocycles. The van der Waals surface area contributed by atoms with Crippen LogP contribution in [0.3, 0.4) is 0 Å². The normalized spacial score (nSPS) is 16.8.